The highest BCUT2D eigenvalue weighted by Crippen LogP contribution is 2.04. The van der Waals surface area contributed by atoms with E-state index in [1.54, 1.807) is 0 Å². The number of ether oxygens (including phenoxy) is 1. The number of hydrogen-bond acceptors (Lipinski definition) is 5. The smallest absolute Gasteiger partial charge is 0.323 e. The summed E-state index contributed by atoms with van der Waals surface area (Å²) in [4.78, 5) is 11.0. The Kier molecular flexibility index (Phi) is 3.46. The minimum Gasteiger partial charge on any atom is -0.457 e. The highest BCUT2D eigenvalue weighted by atomic mass is 16.6. The second-order valence-electron chi connectivity index (χ2n) is 2.71. The van der Waals surface area contributed by atoms with Gasteiger partial charge in [0, 0.05) is 13.2 Å². The van der Waals surface area contributed by atoms with Crippen molar-refractivity contribution in [1.29, 1.82) is 0 Å². The summed E-state index contributed by atoms with van der Waals surface area (Å²) in [7, 11) is 0. The lowest BCUT2D eigenvalue weighted by Crippen LogP contribution is -2.51. The highest BCUT2D eigenvalue weighted by Gasteiger charge is 2.28. The van der Waals surface area contributed by atoms with Gasteiger partial charge < -0.3 is 20.3 Å². The molecule has 0 aromatic heterocycles. The molecule has 0 aromatic rings. The van der Waals surface area contributed by atoms with E-state index in [0.29, 0.717) is 13.0 Å². The average Bonchev–Trinajstić information content (AvgIpc) is 2.09. The van der Waals surface area contributed by atoms with E-state index < -0.39 is 18.1 Å². The first-order chi connectivity index (χ1) is 5.77. The van der Waals surface area contributed by atoms with Crippen molar-refractivity contribution in [2.75, 3.05) is 19.8 Å². The summed E-state index contributed by atoms with van der Waals surface area (Å²) in [6.45, 7) is 0.244. The van der Waals surface area contributed by atoms with Crippen LogP contribution < -0.4 is 5.32 Å². The van der Waals surface area contributed by atoms with Crippen LogP contribution in [-0.2, 0) is 9.53 Å². The number of carbonyl (C=O) groups is 1. The van der Waals surface area contributed by atoms with E-state index in [9.17, 15) is 4.79 Å². The molecule has 0 bridgehead atoms. The van der Waals surface area contributed by atoms with Gasteiger partial charge in [-0.15, -0.1) is 0 Å². The maximum absolute atomic E-state index is 11.0. The summed E-state index contributed by atoms with van der Waals surface area (Å²) < 4.78 is 4.84. The van der Waals surface area contributed by atoms with Gasteiger partial charge in [-0.25, -0.2) is 0 Å². The number of hydrogen-bond donors (Lipinski definition) is 3. The van der Waals surface area contributed by atoms with E-state index in [-0.39, 0.29) is 13.2 Å². The predicted molar refractivity (Wildman–Crippen MR) is 40.5 cm³/mol. The van der Waals surface area contributed by atoms with Gasteiger partial charge in [-0.3, -0.25) is 4.79 Å². The normalized spacial score (nSPS) is 30.0. The predicted octanol–water partition coefficient (Wildman–Crippen LogP) is -1.76. The van der Waals surface area contributed by atoms with E-state index in [1.807, 2.05) is 0 Å². The minimum absolute atomic E-state index is 0.0451. The molecule has 1 rings (SSSR count). The molecule has 2 atom stereocenters. The summed E-state index contributed by atoms with van der Waals surface area (Å²) in [6.07, 6.45) is -0.0794. The Balaban J connectivity index is 2.37. The maximum atomic E-state index is 11.0. The summed E-state index contributed by atoms with van der Waals surface area (Å²) in [5.41, 5.74) is 0. The zero-order valence-electron chi connectivity index (χ0n) is 6.69. The molecule has 0 spiro atoms. The third-order valence-corrected chi connectivity index (χ3v) is 1.78. The van der Waals surface area contributed by atoms with Crippen molar-refractivity contribution in [3.05, 3.63) is 0 Å². The molecule has 1 heterocycles. The first-order valence-corrected chi connectivity index (χ1v) is 3.93. The van der Waals surface area contributed by atoms with E-state index in [4.69, 9.17) is 14.9 Å². The second kappa shape index (κ2) is 4.39. The molecule has 5 nitrogen and oxygen atoms in total. The minimum atomic E-state index is -0.438. The molecule has 1 fully saturated rings. The number of esters is 1. The fourth-order valence-electron chi connectivity index (χ4n) is 1.10. The first-order valence-electron chi connectivity index (χ1n) is 3.93. The van der Waals surface area contributed by atoms with Crippen LogP contribution in [-0.4, -0.2) is 48.1 Å². The maximum Gasteiger partial charge on any atom is 0.323 e. The van der Waals surface area contributed by atoms with Gasteiger partial charge >= 0.3 is 5.97 Å². The van der Waals surface area contributed by atoms with Crippen LogP contribution in [0.25, 0.3) is 0 Å². The Bertz CT molecular complexity index is 161. The fraction of sp³-hybridized carbons (Fsp3) is 0.857. The van der Waals surface area contributed by atoms with Gasteiger partial charge in [0.2, 0.25) is 0 Å². The Hall–Kier alpha value is -0.650. The third-order valence-electron chi connectivity index (χ3n) is 1.78. The number of aliphatic hydroxyl groups is 2. The zero-order valence-corrected chi connectivity index (χ0v) is 6.69. The topological polar surface area (TPSA) is 78.8 Å². The van der Waals surface area contributed by atoms with Crippen LogP contribution in [0.15, 0.2) is 0 Å². The molecule has 1 aliphatic heterocycles. The van der Waals surface area contributed by atoms with Crippen LogP contribution in [0.5, 0.6) is 0 Å². The molecule has 1 aliphatic rings. The molecule has 0 radical (unpaired) electrons. The Morgan fingerprint density at radius 3 is 2.83 bits per heavy atom. The monoisotopic (exact) mass is 175 g/mol. The Morgan fingerprint density at radius 2 is 2.33 bits per heavy atom. The van der Waals surface area contributed by atoms with Crippen LogP contribution in [0.3, 0.4) is 0 Å². The van der Waals surface area contributed by atoms with Gasteiger partial charge in [-0.2, -0.15) is 0 Å². The van der Waals surface area contributed by atoms with Crippen LogP contribution in [0, 0.1) is 0 Å². The highest BCUT2D eigenvalue weighted by molar-refractivity contribution is 5.76. The molecule has 70 valence electrons. The lowest BCUT2D eigenvalue weighted by atomic mass is 10.1. The van der Waals surface area contributed by atoms with Gasteiger partial charge in [-0.1, -0.05) is 0 Å². The van der Waals surface area contributed by atoms with Gasteiger partial charge in [0.1, 0.15) is 12.1 Å². The Labute approximate surface area is 70.3 Å². The van der Waals surface area contributed by atoms with Crippen molar-refractivity contribution in [3.63, 3.8) is 0 Å². The van der Waals surface area contributed by atoms with E-state index in [2.05, 4.69) is 5.32 Å². The number of cyclic esters (lactones) is 1. The lowest BCUT2D eigenvalue weighted by Gasteiger charge is -2.27. The summed E-state index contributed by atoms with van der Waals surface area (Å²) in [5, 5.41) is 20.1. The van der Waals surface area contributed by atoms with E-state index in [1.165, 1.54) is 0 Å². The van der Waals surface area contributed by atoms with E-state index in [0.717, 1.165) is 0 Å². The summed E-state index contributed by atoms with van der Waals surface area (Å²) >= 11 is 0. The molecule has 0 aromatic carbocycles. The van der Waals surface area contributed by atoms with E-state index >= 15 is 0 Å². The van der Waals surface area contributed by atoms with Gasteiger partial charge in [0.05, 0.1) is 6.61 Å². The molecule has 1 saturated heterocycles. The van der Waals surface area contributed by atoms with Crippen molar-refractivity contribution < 1.29 is 19.7 Å². The molecule has 12 heavy (non-hydrogen) atoms. The quantitative estimate of drug-likeness (QED) is 0.443. The molecular weight excluding hydrogens is 162 g/mol. The number of aliphatic hydroxyl groups excluding tert-OH is 2. The fourth-order valence-corrected chi connectivity index (χ4v) is 1.10. The molecule has 5 heteroatoms. The van der Waals surface area contributed by atoms with Crippen LogP contribution in [0.4, 0.5) is 0 Å². The standard InChI is InChI=1S/C7H13NO4/c9-2-1-6-7(11)12-5(4-10)3-8-6/h5-6,8-10H,1-4H2. The van der Waals surface area contributed by atoms with Gasteiger partial charge in [-0.05, 0) is 6.42 Å². The SMILES string of the molecule is O=C1OC(CO)CNC1CCO. The molecular formula is C7H13NO4. The van der Waals surface area contributed by atoms with Crippen LogP contribution >= 0.6 is 0 Å². The molecule has 2 unspecified atom stereocenters. The van der Waals surface area contributed by atoms with Gasteiger partial charge in [0.25, 0.3) is 0 Å². The second-order valence-corrected chi connectivity index (χ2v) is 2.71. The van der Waals surface area contributed by atoms with Crippen LogP contribution in [0.1, 0.15) is 6.42 Å². The number of nitrogens with one attached hydrogen (secondary N) is 1. The number of morpholine rings is 1. The average molecular weight is 175 g/mol. The van der Waals surface area contributed by atoms with Crippen molar-refractivity contribution in [2.24, 2.45) is 0 Å². The first kappa shape index (κ1) is 9.44. The number of carbonyl (C=O) groups excluding carboxylic acids is 1. The van der Waals surface area contributed by atoms with Gasteiger partial charge in [0.15, 0.2) is 0 Å². The van der Waals surface area contributed by atoms with Crippen molar-refractivity contribution in [3.8, 4) is 0 Å². The largest absolute Gasteiger partial charge is 0.457 e. The van der Waals surface area contributed by atoms with Crippen molar-refractivity contribution in [1.82, 2.24) is 5.32 Å². The van der Waals surface area contributed by atoms with Crippen molar-refractivity contribution in [2.45, 2.75) is 18.6 Å². The Morgan fingerprint density at radius 1 is 1.58 bits per heavy atom. The number of rotatable bonds is 3. The zero-order chi connectivity index (χ0) is 8.97. The molecule has 3 N–H and O–H groups in total. The lowest BCUT2D eigenvalue weighted by molar-refractivity contribution is -0.159. The van der Waals surface area contributed by atoms with Crippen molar-refractivity contribution >= 4 is 5.97 Å². The van der Waals surface area contributed by atoms with Crippen LogP contribution in [0.2, 0.25) is 0 Å². The summed E-state index contributed by atoms with van der Waals surface area (Å²) in [5.74, 6) is -0.394. The summed E-state index contributed by atoms with van der Waals surface area (Å²) in [6, 6.07) is -0.419. The molecule has 0 amide bonds. The molecule has 0 saturated carbocycles. The third kappa shape index (κ3) is 2.17. The molecule has 0 aliphatic carbocycles.